The monoisotopic (exact) mass is 744 g/mol. The summed E-state index contributed by atoms with van der Waals surface area (Å²) in [6, 6.07) is 3.63. The van der Waals surface area contributed by atoms with Gasteiger partial charge in [-0.2, -0.15) is 5.10 Å². The van der Waals surface area contributed by atoms with Gasteiger partial charge in [0.1, 0.15) is 34.2 Å². The summed E-state index contributed by atoms with van der Waals surface area (Å²) >= 11 is 4.08. The Balaban J connectivity index is 0.970. The zero-order valence-electron chi connectivity index (χ0n) is 26.2. The van der Waals surface area contributed by atoms with E-state index in [0.717, 1.165) is 17.1 Å². The van der Waals surface area contributed by atoms with Gasteiger partial charge in [0.05, 0.1) is 36.0 Å². The summed E-state index contributed by atoms with van der Waals surface area (Å²) in [5.74, 6) is -4.67. The maximum atomic E-state index is 16.0. The lowest BCUT2D eigenvalue weighted by atomic mass is 10.0. The number of fused-ring (bicyclic) bond motifs is 2. The molecule has 50 heavy (non-hydrogen) atoms. The molecule has 1 aromatic carbocycles. The number of carboxylic acid groups (broad SMARTS) is 2. The Bertz CT molecular complexity index is 2030. The van der Waals surface area contributed by atoms with Crippen LogP contribution in [0.15, 0.2) is 50.9 Å². The van der Waals surface area contributed by atoms with E-state index in [1.807, 2.05) is 17.5 Å². The SMILES string of the molecule is O=C(Cc1cccs1)N[C@@H]1C(=O)N2C(C(=O)O)=C(CSC=NN3CCN(c4c(F)cc5c(=O)c(C(=O)O)cn(C6CC6)c5c4F)CC3)CS[C@H]12. The van der Waals surface area contributed by atoms with Gasteiger partial charge in [-0.25, -0.2) is 18.4 Å². The number of carbonyl (C=O) groups excluding carboxylic acids is 2. The van der Waals surface area contributed by atoms with Crippen molar-refractivity contribution in [2.75, 3.05) is 42.6 Å². The largest absolute Gasteiger partial charge is 0.477 e. The van der Waals surface area contributed by atoms with Gasteiger partial charge in [0.15, 0.2) is 5.82 Å². The molecule has 4 aliphatic rings. The third kappa shape index (κ3) is 6.35. The molecule has 7 rings (SSSR count). The number of thiophene rings is 1. The summed E-state index contributed by atoms with van der Waals surface area (Å²) < 4.78 is 32.8. The van der Waals surface area contributed by atoms with Crippen LogP contribution in [-0.4, -0.2) is 103 Å². The van der Waals surface area contributed by atoms with Crippen LogP contribution in [0.3, 0.4) is 0 Å². The maximum Gasteiger partial charge on any atom is 0.352 e. The van der Waals surface area contributed by atoms with Crippen molar-refractivity contribution >= 4 is 80.8 Å². The number of rotatable bonds is 11. The first-order valence-corrected chi connectivity index (χ1v) is 18.7. The number of nitrogens with one attached hydrogen (secondary N) is 1. The zero-order chi connectivity index (χ0) is 35.3. The molecule has 3 aromatic rings. The number of halogens is 2. The Morgan fingerprint density at radius 2 is 1.86 bits per heavy atom. The number of hydrogen-bond acceptors (Lipinski definition) is 11. The molecular weight excluding hydrogens is 715 g/mol. The number of benzene rings is 1. The van der Waals surface area contributed by atoms with Crippen molar-refractivity contribution < 1.29 is 38.2 Å². The second kappa shape index (κ2) is 13.7. The Kier molecular flexibility index (Phi) is 9.34. The Hall–Kier alpha value is -4.42. The molecule has 2 amide bonds. The summed E-state index contributed by atoms with van der Waals surface area (Å²) in [6.07, 6.45) is 2.68. The molecule has 0 bridgehead atoms. The van der Waals surface area contributed by atoms with E-state index in [4.69, 9.17) is 0 Å². The number of aliphatic carboxylic acids is 1. The van der Waals surface area contributed by atoms with Crippen molar-refractivity contribution in [3.8, 4) is 0 Å². The van der Waals surface area contributed by atoms with Gasteiger partial charge in [0.2, 0.25) is 11.3 Å². The van der Waals surface area contributed by atoms with E-state index in [1.165, 1.54) is 49.2 Å². The smallest absolute Gasteiger partial charge is 0.352 e. The van der Waals surface area contributed by atoms with E-state index < -0.39 is 51.9 Å². The van der Waals surface area contributed by atoms with Crippen LogP contribution in [0.2, 0.25) is 0 Å². The maximum absolute atomic E-state index is 16.0. The lowest BCUT2D eigenvalue weighted by molar-refractivity contribution is -0.150. The van der Waals surface area contributed by atoms with Gasteiger partial charge >= 0.3 is 11.9 Å². The number of carboxylic acids is 2. The second-order valence-electron chi connectivity index (χ2n) is 12.2. The van der Waals surface area contributed by atoms with Crippen LogP contribution in [0, 0.1) is 11.6 Å². The fourth-order valence-corrected chi connectivity index (χ4v) is 9.27. The number of anilines is 1. The average Bonchev–Trinajstić information content (AvgIpc) is 3.81. The van der Waals surface area contributed by atoms with Crippen LogP contribution in [0.4, 0.5) is 14.5 Å². The number of carbonyl (C=O) groups is 4. The Labute approximate surface area is 295 Å². The first-order chi connectivity index (χ1) is 24.0. The zero-order valence-corrected chi connectivity index (χ0v) is 28.7. The van der Waals surface area contributed by atoms with Gasteiger partial charge in [-0.1, -0.05) is 6.07 Å². The van der Waals surface area contributed by atoms with Crippen molar-refractivity contribution in [3.05, 3.63) is 73.3 Å². The van der Waals surface area contributed by atoms with E-state index in [1.54, 1.807) is 10.6 Å². The molecular formula is C32H30F2N6O7S3. The predicted molar refractivity (Wildman–Crippen MR) is 186 cm³/mol. The molecule has 262 valence electrons. The fourth-order valence-electron chi connectivity index (χ4n) is 6.38. The number of hydrogen-bond donors (Lipinski definition) is 3. The van der Waals surface area contributed by atoms with Crippen molar-refractivity contribution in [2.45, 2.75) is 36.7 Å². The van der Waals surface area contributed by atoms with E-state index in [9.17, 15) is 34.2 Å². The van der Waals surface area contributed by atoms with Gasteiger partial charge in [-0.3, -0.25) is 24.3 Å². The number of β-lactam (4-membered cyclic amide) rings is 1. The van der Waals surface area contributed by atoms with Crippen molar-refractivity contribution in [1.82, 2.24) is 19.8 Å². The van der Waals surface area contributed by atoms with Gasteiger partial charge < -0.3 is 25.0 Å². The molecule has 2 atom stereocenters. The van der Waals surface area contributed by atoms with E-state index in [2.05, 4.69) is 10.4 Å². The summed E-state index contributed by atoms with van der Waals surface area (Å²) in [6.45, 7) is 1.08. The van der Waals surface area contributed by atoms with Crippen LogP contribution in [-0.2, 0) is 20.8 Å². The number of piperazine rings is 1. The molecule has 13 nitrogen and oxygen atoms in total. The molecule has 2 saturated heterocycles. The number of nitrogens with zero attached hydrogens (tertiary/aromatic N) is 5. The predicted octanol–water partition coefficient (Wildman–Crippen LogP) is 3.15. The van der Waals surface area contributed by atoms with Crippen LogP contribution in [0.25, 0.3) is 10.9 Å². The quantitative estimate of drug-likeness (QED) is 0.150. The average molecular weight is 745 g/mol. The summed E-state index contributed by atoms with van der Waals surface area (Å²) in [5, 5.41) is 29.4. The lowest BCUT2D eigenvalue weighted by Crippen LogP contribution is -2.70. The van der Waals surface area contributed by atoms with E-state index in [0.29, 0.717) is 37.3 Å². The van der Waals surface area contributed by atoms with Gasteiger partial charge in [0, 0.05) is 41.7 Å². The molecule has 5 heterocycles. The third-order valence-corrected chi connectivity index (χ3v) is 11.9. The van der Waals surface area contributed by atoms with Crippen LogP contribution in [0.5, 0.6) is 0 Å². The molecule has 0 unspecified atom stereocenters. The van der Waals surface area contributed by atoms with E-state index >= 15 is 8.78 Å². The van der Waals surface area contributed by atoms with Crippen LogP contribution >= 0.6 is 34.9 Å². The van der Waals surface area contributed by atoms with Crippen molar-refractivity contribution in [1.29, 1.82) is 0 Å². The fraction of sp³-hybridized carbons (Fsp3) is 0.375. The number of thioether (sulfide) groups is 2. The summed E-state index contributed by atoms with van der Waals surface area (Å²) in [7, 11) is 0. The minimum atomic E-state index is -1.46. The van der Waals surface area contributed by atoms with Crippen LogP contribution < -0.4 is 15.6 Å². The molecule has 0 radical (unpaired) electrons. The molecule has 3 N–H and O–H groups in total. The molecule has 3 aliphatic heterocycles. The third-order valence-electron chi connectivity index (χ3n) is 8.95. The highest BCUT2D eigenvalue weighted by molar-refractivity contribution is 8.12. The molecule has 3 fully saturated rings. The first kappa shape index (κ1) is 34.0. The molecule has 2 aromatic heterocycles. The molecule has 1 aliphatic carbocycles. The minimum Gasteiger partial charge on any atom is -0.477 e. The summed E-state index contributed by atoms with van der Waals surface area (Å²) in [5.41, 5.74) is 0.192. The topological polar surface area (TPSA) is 165 Å². The van der Waals surface area contributed by atoms with Gasteiger partial charge in [-0.15, -0.1) is 34.9 Å². The van der Waals surface area contributed by atoms with Crippen molar-refractivity contribution in [2.24, 2.45) is 5.10 Å². The standard InChI is InChI=1S/C32H30F2N6O7S3/c33-21-11-19-26(39(17-3-4-17)12-20(28(19)42)31(44)45)23(34)27(21)37-5-7-38(8-6-37)35-15-48-13-16-14-50-30-24(29(43)40(30)25(16)32(46)47)36-22(41)10-18-2-1-9-49-18/h1-2,9,11-12,15,17,24,30H,3-8,10,13-14H2,(H,36,41)(H,44,45)(H,46,47)/t24-,30-/m1/s1. The molecule has 0 spiro atoms. The number of aromatic nitrogens is 1. The second-order valence-corrected chi connectivity index (χ2v) is 15.1. The highest BCUT2D eigenvalue weighted by atomic mass is 32.2. The highest BCUT2D eigenvalue weighted by Crippen LogP contribution is 2.42. The van der Waals surface area contributed by atoms with Gasteiger partial charge in [0.25, 0.3) is 5.91 Å². The Morgan fingerprint density at radius 1 is 1.10 bits per heavy atom. The molecule has 1 saturated carbocycles. The van der Waals surface area contributed by atoms with E-state index in [-0.39, 0.29) is 59.5 Å². The summed E-state index contributed by atoms with van der Waals surface area (Å²) in [4.78, 5) is 65.7. The number of amides is 2. The minimum absolute atomic E-state index is 0.0808. The number of pyridine rings is 1. The number of aromatic carboxylic acids is 1. The lowest BCUT2D eigenvalue weighted by Gasteiger charge is -2.49. The Morgan fingerprint density at radius 3 is 2.52 bits per heavy atom. The molecule has 18 heteroatoms. The number of hydrazone groups is 1. The highest BCUT2D eigenvalue weighted by Gasteiger charge is 2.54. The van der Waals surface area contributed by atoms with Crippen molar-refractivity contribution in [3.63, 3.8) is 0 Å². The van der Waals surface area contributed by atoms with Crippen LogP contribution in [0.1, 0.15) is 34.1 Å². The van der Waals surface area contributed by atoms with Gasteiger partial charge in [-0.05, 0) is 35.9 Å². The first-order valence-electron chi connectivity index (χ1n) is 15.7. The normalized spacial score (nSPS) is 20.8.